The lowest BCUT2D eigenvalue weighted by molar-refractivity contribution is -0.122. The summed E-state index contributed by atoms with van der Waals surface area (Å²) in [4.78, 5) is 24.6. The number of amides is 1. The maximum Gasteiger partial charge on any atom is 0.339 e. The van der Waals surface area contributed by atoms with Crippen molar-refractivity contribution in [2.75, 3.05) is 11.9 Å². The predicted molar refractivity (Wildman–Crippen MR) is 107 cm³/mol. The van der Waals surface area contributed by atoms with Gasteiger partial charge in [0.25, 0.3) is 5.91 Å². The number of esters is 1. The minimum atomic E-state index is -0.658. The Kier molecular flexibility index (Phi) is 7.25. The fraction of sp³-hybridized carbons (Fsp3) is 0.333. The third-order valence-corrected chi connectivity index (χ3v) is 4.48. The van der Waals surface area contributed by atoms with E-state index in [0.29, 0.717) is 17.9 Å². The first-order chi connectivity index (χ1) is 12.8. The van der Waals surface area contributed by atoms with Crippen LogP contribution in [0.1, 0.15) is 41.8 Å². The molecule has 2 aromatic carbocycles. The van der Waals surface area contributed by atoms with Crippen LogP contribution in [-0.2, 0) is 9.53 Å². The standard InChI is InChI=1S/C21H24ClNO4/c1-5-19(27-16-9-7-13(3)14(4)11-16)20(24)23-15-8-10-18(22)17(12-15)21(25)26-6-2/h7-12,19H,5-6H2,1-4H3,(H,23,24)/t19-/m0/s1. The molecule has 0 radical (unpaired) electrons. The average molecular weight is 390 g/mol. The van der Waals surface area contributed by atoms with E-state index in [-0.39, 0.29) is 23.1 Å². The molecule has 0 bridgehead atoms. The second kappa shape index (κ2) is 9.42. The van der Waals surface area contributed by atoms with Gasteiger partial charge >= 0.3 is 5.97 Å². The van der Waals surface area contributed by atoms with E-state index in [1.807, 2.05) is 39.0 Å². The van der Waals surface area contributed by atoms with Crippen LogP contribution >= 0.6 is 11.6 Å². The van der Waals surface area contributed by atoms with Crippen LogP contribution in [0.2, 0.25) is 5.02 Å². The number of hydrogen-bond donors (Lipinski definition) is 1. The monoisotopic (exact) mass is 389 g/mol. The number of benzene rings is 2. The zero-order valence-corrected chi connectivity index (χ0v) is 16.7. The maximum atomic E-state index is 12.6. The topological polar surface area (TPSA) is 64.6 Å². The summed E-state index contributed by atoms with van der Waals surface area (Å²) in [5.41, 5.74) is 2.92. The molecule has 5 nitrogen and oxygen atoms in total. The van der Waals surface area contributed by atoms with Crippen LogP contribution in [0.4, 0.5) is 5.69 Å². The Morgan fingerprint density at radius 2 is 1.81 bits per heavy atom. The number of aryl methyl sites for hydroxylation is 2. The number of nitrogens with one attached hydrogen (secondary N) is 1. The third-order valence-electron chi connectivity index (χ3n) is 4.15. The summed E-state index contributed by atoms with van der Waals surface area (Å²) in [6.07, 6.45) is -0.161. The number of carbonyl (C=O) groups is 2. The van der Waals surface area contributed by atoms with Gasteiger partial charge in [-0.1, -0.05) is 24.6 Å². The Hall–Kier alpha value is -2.53. The summed E-state index contributed by atoms with van der Waals surface area (Å²) in [6, 6.07) is 10.4. The van der Waals surface area contributed by atoms with Gasteiger partial charge in [-0.2, -0.15) is 0 Å². The Morgan fingerprint density at radius 3 is 2.44 bits per heavy atom. The zero-order valence-electron chi connectivity index (χ0n) is 16.0. The molecule has 2 rings (SSSR count). The van der Waals surface area contributed by atoms with Gasteiger partial charge in [0.1, 0.15) is 5.75 Å². The van der Waals surface area contributed by atoms with Crippen LogP contribution in [0, 0.1) is 13.8 Å². The van der Waals surface area contributed by atoms with E-state index in [9.17, 15) is 9.59 Å². The minimum absolute atomic E-state index is 0.208. The summed E-state index contributed by atoms with van der Waals surface area (Å²) < 4.78 is 10.8. The van der Waals surface area contributed by atoms with Crippen molar-refractivity contribution in [1.82, 2.24) is 0 Å². The molecule has 1 atom stereocenters. The van der Waals surface area contributed by atoms with E-state index in [2.05, 4.69) is 5.32 Å². The van der Waals surface area contributed by atoms with E-state index in [1.54, 1.807) is 19.1 Å². The summed E-state index contributed by atoms with van der Waals surface area (Å²) in [7, 11) is 0. The smallest absolute Gasteiger partial charge is 0.339 e. The number of hydrogen-bond acceptors (Lipinski definition) is 4. The lowest BCUT2D eigenvalue weighted by Crippen LogP contribution is -2.32. The van der Waals surface area contributed by atoms with Gasteiger partial charge in [-0.3, -0.25) is 4.79 Å². The molecule has 0 saturated carbocycles. The van der Waals surface area contributed by atoms with Crippen molar-refractivity contribution >= 4 is 29.2 Å². The number of anilines is 1. The molecule has 0 spiro atoms. The largest absolute Gasteiger partial charge is 0.481 e. The molecule has 0 fully saturated rings. The lowest BCUT2D eigenvalue weighted by Gasteiger charge is -2.18. The van der Waals surface area contributed by atoms with E-state index in [4.69, 9.17) is 21.1 Å². The molecule has 27 heavy (non-hydrogen) atoms. The molecule has 0 aliphatic carbocycles. The van der Waals surface area contributed by atoms with Crippen molar-refractivity contribution < 1.29 is 19.1 Å². The van der Waals surface area contributed by atoms with E-state index in [1.165, 1.54) is 6.07 Å². The summed E-state index contributed by atoms with van der Waals surface area (Å²) >= 11 is 6.05. The first kappa shape index (κ1) is 20.8. The van der Waals surface area contributed by atoms with Crippen LogP contribution < -0.4 is 10.1 Å². The molecule has 1 N–H and O–H groups in total. The molecule has 0 saturated heterocycles. The average Bonchev–Trinajstić information content (AvgIpc) is 2.64. The van der Waals surface area contributed by atoms with Crippen molar-refractivity contribution in [1.29, 1.82) is 0 Å². The normalized spacial score (nSPS) is 11.6. The molecule has 1 amide bonds. The van der Waals surface area contributed by atoms with Crippen LogP contribution in [0.15, 0.2) is 36.4 Å². The SMILES string of the molecule is CCOC(=O)c1cc(NC(=O)[C@H](CC)Oc2ccc(C)c(C)c2)ccc1Cl. The van der Waals surface area contributed by atoms with Crippen molar-refractivity contribution in [2.45, 2.75) is 40.2 Å². The van der Waals surface area contributed by atoms with E-state index < -0.39 is 12.1 Å². The molecule has 144 valence electrons. The number of halogens is 1. The van der Waals surface area contributed by atoms with E-state index >= 15 is 0 Å². The third kappa shape index (κ3) is 5.47. The summed E-state index contributed by atoms with van der Waals surface area (Å²) in [5, 5.41) is 3.04. The second-order valence-electron chi connectivity index (χ2n) is 6.17. The van der Waals surface area contributed by atoms with Gasteiger partial charge in [0.2, 0.25) is 0 Å². The highest BCUT2D eigenvalue weighted by Gasteiger charge is 2.20. The lowest BCUT2D eigenvalue weighted by atomic mass is 10.1. The maximum absolute atomic E-state index is 12.6. The van der Waals surface area contributed by atoms with Gasteiger partial charge in [0, 0.05) is 5.69 Å². The van der Waals surface area contributed by atoms with Gasteiger partial charge in [-0.25, -0.2) is 4.79 Å². The van der Waals surface area contributed by atoms with E-state index in [0.717, 1.165) is 11.1 Å². The fourth-order valence-electron chi connectivity index (χ4n) is 2.46. The van der Waals surface area contributed by atoms with Crippen molar-refractivity contribution in [3.8, 4) is 5.75 Å². The molecule has 0 aromatic heterocycles. The van der Waals surface area contributed by atoms with Gasteiger partial charge in [0.05, 0.1) is 17.2 Å². The second-order valence-corrected chi connectivity index (χ2v) is 6.57. The molecule has 0 heterocycles. The van der Waals surface area contributed by atoms with Gasteiger partial charge in [0.15, 0.2) is 6.10 Å². The zero-order chi connectivity index (χ0) is 20.0. The van der Waals surface area contributed by atoms with Crippen LogP contribution in [0.25, 0.3) is 0 Å². The molecule has 0 aliphatic heterocycles. The minimum Gasteiger partial charge on any atom is -0.481 e. The van der Waals surface area contributed by atoms with Crippen molar-refractivity contribution in [3.05, 3.63) is 58.1 Å². The van der Waals surface area contributed by atoms with Crippen LogP contribution in [0.5, 0.6) is 5.75 Å². The molecular weight excluding hydrogens is 366 g/mol. The Bertz CT molecular complexity index is 835. The van der Waals surface area contributed by atoms with Crippen LogP contribution in [0.3, 0.4) is 0 Å². The Labute approximate surface area is 164 Å². The van der Waals surface area contributed by atoms with Gasteiger partial charge in [-0.05, 0) is 68.7 Å². The number of carbonyl (C=O) groups excluding carboxylic acids is 2. The molecule has 0 unspecified atom stereocenters. The predicted octanol–water partition coefficient (Wildman–Crippen LogP) is 4.93. The van der Waals surface area contributed by atoms with Crippen LogP contribution in [-0.4, -0.2) is 24.6 Å². The highest BCUT2D eigenvalue weighted by molar-refractivity contribution is 6.33. The highest BCUT2D eigenvalue weighted by Crippen LogP contribution is 2.23. The number of rotatable bonds is 7. The van der Waals surface area contributed by atoms with Crippen molar-refractivity contribution in [2.24, 2.45) is 0 Å². The highest BCUT2D eigenvalue weighted by atomic mass is 35.5. The Morgan fingerprint density at radius 1 is 1.07 bits per heavy atom. The fourth-order valence-corrected chi connectivity index (χ4v) is 2.66. The molecule has 0 aliphatic rings. The summed E-state index contributed by atoms with van der Waals surface area (Å²) in [6.45, 7) is 7.84. The first-order valence-corrected chi connectivity index (χ1v) is 9.25. The number of ether oxygens (including phenoxy) is 2. The van der Waals surface area contributed by atoms with Gasteiger partial charge in [-0.15, -0.1) is 0 Å². The quantitative estimate of drug-likeness (QED) is 0.682. The van der Waals surface area contributed by atoms with Gasteiger partial charge < -0.3 is 14.8 Å². The Balaban J connectivity index is 2.13. The molecular formula is C21H24ClNO4. The van der Waals surface area contributed by atoms with Crippen molar-refractivity contribution in [3.63, 3.8) is 0 Å². The first-order valence-electron chi connectivity index (χ1n) is 8.87. The molecule has 6 heteroatoms. The molecule has 2 aromatic rings. The summed E-state index contributed by atoms with van der Waals surface area (Å²) in [5.74, 6) is -0.187.